The minimum atomic E-state index is 0.430. The minimum absolute atomic E-state index is 0.430. The standard InChI is InChI=1S/C10H10ClN3S2/c1-6-13-14-10(15-6)16-9-4-2-3-8(11)7(9)5-12/h2-4H,5,12H2,1H3. The van der Waals surface area contributed by atoms with Crippen LogP contribution >= 0.6 is 34.7 Å². The summed E-state index contributed by atoms with van der Waals surface area (Å²) in [5.41, 5.74) is 6.64. The van der Waals surface area contributed by atoms with Crippen molar-refractivity contribution in [3.05, 3.63) is 33.8 Å². The molecule has 0 saturated carbocycles. The Hall–Kier alpha value is -0.620. The maximum Gasteiger partial charge on any atom is 0.179 e. The second kappa shape index (κ2) is 5.14. The van der Waals surface area contributed by atoms with E-state index >= 15 is 0 Å². The van der Waals surface area contributed by atoms with E-state index in [0.717, 1.165) is 19.8 Å². The Bertz CT molecular complexity index is 499. The summed E-state index contributed by atoms with van der Waals surface area (Å²) in [5.74, 6) is 0. The number of rotatable bonds is 3. The van der Waals surface area contributed by atoms with Gasteiger partial charge in [0.05, 0.1) is 0 Å². The van der Waals surface area contributed by atoms with Gasteiger partial charge in [0.25, 0.3) is 0 Å². The third-order valence-electron chi connectivity index (χ3n) is 1.98. The molecule has 2 N–H and O–H groups in total. The van der Waals surface area contributed by atoms with Gasteiger partial charge in [0.15, 0.2) is 4.34 Å². The highest BCUT2D eigenvalue weighted by atomic mass is 35.5. The van der Waals surface area contributed by atoms with Crippen molar-refractivity contribution in [1.82, 2.24) is 10.2 Å². The molecule has 2 aromatic rings. The van der Waals surface area contributed by atoms with Crippen LogP contribution in [0.3, 0.4) is 0 Å². The fourth-order valence-corrected chi connectivity index (χ4v) is 3.50. The van der Waals surface area contributed by atoms with E-state index in [0.29, 0.717) is 11.6 Å². The lowest BCUT2D eigenvalue weighted by Crippen LogP contribution is -1.99. The Balaban J connectivity index is 2.30. The van der Waals surface area contributed by atoms with Crippen molar-refractivity contribution in [1.29, 1.82) is 0 Å². The molecule has 0 saturated heterocycles. The van der Waals surface area contributed by atoms with Gasteiger partial charge in [0.2, 0.25) is 0 Å². The first kappa shape index (κ1) is 11.9. The molecule has 2 rings (SSSR count). The number of benzene rings is 1. The zero-order chi connectivity index (χ0) is 11.5. The predicted molar refractivity (Wildman–Crippen MR) is 68.1 cm³/mol. The molecule has 0 unspecified atom stereocenters. The molecule has 1 aromatic heterocycles. The van der Waals surface area contributed by atoms with Crippen LogP contribution in [0.25, 0.3) is 0 Å². The van der Waals surface area contributed by atoms with Crippen molar-refractivity contribution in [3.63, 3.8) is 0 Å². The highest BCUT2D eigenvalue weighted by molar-refractivity contribution is 8.01. The maximum atomic E-state index is 6.07. The molecule has 1 heterocycles. The van der Waals surface area contributed by atoms with Gasteiger partial charge < -0.3 is 5.73 Å². The molecule has 0 amide bonds. The van der Waals surface area contributed by atoms with Crippen LogP contribution in [-0.4, -0.2) is 10.2 Å². The summed E-state index contributed by atoms with van der Waals surface area (Å²) in [6.07, 6.45) is 0. The lowest BCUT2D eigenvalue weighted by Gasteiger charge is -2.06. The van der Waals surface area contributed by atoms with Crippen LogP contribution in [0.2, 0.25) is 5.02 Å². The zero-order valence-corrected chi connectivity index (χ0v) is 11.0. The van der Waals surface area contributed by atoms with Gasteiger partial charge in [-0.2, -0.15) is 0 Å². The second-order valence-electron chi connectivity index (χ2n) is 3.11. The van der Waals surface area contributed by atoms with Crippen LogP contribution in [0.1, 0.15) is 10.6 Å². The molecule has 1 aromatic carbocycles. The molecule has 0 fully saturated rings. The molecule has 0 spiro atoms. The van der Waals surface area contributed by atoms with Crippen LogP contribution in [-0.2, 0) is 6.54 Å². The van der Waals surface area contributed by atoms with Gasteiger partial charge >= 0.3 is 0 Å². The summed E-state index contributed by atoms with van der Waals surface area (Å²) < 4.78 is 0.912. The van der Waals surface area contributed by atoms with Gasteiger partial charge in [0, 0.05) is 16.5 Å². The zero-order valence-electron chi connectivity index (χ0n) is 8.61. The van der Waals surface area contributed by atoms with E-state index in [1.54, 1.807) is 23.1 Å². The molecule has 0 aliphatic carbocycles. The number of hydrogen-bond acceptors (Lipinski definition) is 5. The fourth-order valence-electron chi connectivity index (χ4n) is 1.25. The van der Waals surface area contributed by atoms with Gasteiger partial charge in [-0.25, -0.2) is 0 Å². The molecule has 0 atom stereocenters. The van der Waals surface area contributed by atoms with Gasteiger partial charge in [-0.05, 0) is 24.6 Å². The average molecular weight is 272 g/mol. The third-order valence-corrected chi connectivity index (χ3v) is 4.33. The highest BCUT2D eigenvalue weighted by Crippen LogP contribution is 2.34. The van der Waals surface area contributed by atoms with E-state index in [9.17, 15) is 0 Å². The predicted octanol–water partition coefficient (Wildman–Crippen LogP) is 3.11. The van der Waals surface area contributed by atoms with Crippen LogP contribution in [0.5, 0.6) is 0 Å². The van der Waals surface area contributed by atoms with E-state index in [4.69, 9.17) is 17.3 Å². The Morgan fingerprint density at radius 1 is 1.44 bits per heavy atom. The number of halogens is 1. The van der Waals surface area contributed by atoms with E-state index in [2.05, 4.69) is 10.2 Å². The molecule has 3 nitrogen and oxygen atoms in total. The van der Waals surface area contributed by atoms with Gasteiger partial charge in [-0.3, -0.25) is 0 Å². The smallest absolute Gasteiger partial charge is 0.179 e. The van der Waals surface area contributed by atoms with Crippen molar-refractivity contribution in [2.75, 3.05) is 0 Å². The van der Waals surface area contributed by atoms with E-state index in [1.807, 2.05) is 25.1 Å². The summed E-state index contributed by atoms with van der Waals surface area (Å²) in [6, 6.07) is 5.76. The lowest BCUT2D eigenvalue weighted by molar-refractivity contribution is 0.979. The molecular weight excluding hydrogens is 262 g/mol. The summed E-state index contributed by atoms with van der Waals surface area (Å²) in [7, 11) is 0. The van der Waals surface area contributed by atoms with Crippen LogP contribution < -0.4 is 5.73 Å². The van der Waals surface area contributed by atoms with Gasteiger partial charge in [-0.1, -0.05) is 40.8 Å². The van der Waals surface area contributed by atoms with Gasteiger partial charge in [0.1, 0.15) is 5.01 Å². The van der Waals surface area contributed by atoms with E-state index in [1.165, 1.54) is 0 Å². The number of aryl methyl sites for hydroxylation is 1. The van der Waals surface area contributed by atoms with Gasteiger partial charge in [-0.15, -0.1) is 10.2 Å². The first-order chi connectivity index (χ1) is 7.70. The minimum Gasteiger partial charge on any atom is -0.326 e. The molecular formula is C10H10ClN3S2. The largest absolute Gasteiger partial charge is 0.326 e. The molecule has 16 heavy (non-hydrogen) atoms. The SMILES string of the molecule is Cc1nnc(Sc2cccc(Cl)c2CN)s1. The normalized spacial score (nSPS) is 10.7. The van der Waals surface area contributed by atoms with Crippen molar-refractivity contribution < 1.29 is 0 Å². The summed E-state index contributed by atoms with van der Waals surface area (Å²) in [4.78, 5) is 1.05. The quantitative estimate of drug-likeness (QED) is 0.932. The fraction of sp³-hybridized carbons (Fsp3) is 0.200. The monoisotopic (exact) mass is 271 g/mol. The third kappa shape index (κ3) is 2.55. The Morgan fingerprint density at radius 3 is 2.88 bits per heavy atom. The van der Waals surface area contributed by atoms with Crippen molar-refractivity contribution in [3.8, 4) is 0 Å². The second-order valence-corrected chi connectivity index (χ2v) is 5.99. The van der Waals surface area contributed by atoms with Crippen molar-refractivity contribution in [2.45, 2.75) is 22.7 Å². The number of aromatic nitrogens is 2. The number of hydrogen-bond donors (Lipinski definition) is 1. The lowest BCUT2D eigenvalue weighted by atomic mass is 10.2. The Kier molecular flexibility index (Phi) is 3.81. The number of nitrogens with two attached hydrogens (primary N) is 1. The van der Waals surface area contributed by atoms with Crippen LogP contribution in [0, 0.1) is 6.92 Å². The van der Waals surface area contributed by atoms with Crippen LogP contribution in [0.15, 0.2) is 27.4 Å². The topological polar surface area (TPSA) is 51.8 Å². The van der Waals surface area contributed by atoms with Crippen molar-refractivity contribution >= 4 is 34.7 Å². The molecule has 0 bridgehead atoms. The first-order valence-corrected chi connectivity index (χ1v) is 6.67. The summed E-state index contributed by atoms with van der Waals surface area (Å²) >= 11 is 9.19. The summed E-state index contributed by atoms with van der Waals surface area (Å²) in [5, 5.41) is 9.70. The molecule has 0 radical (unpaired) electrons. The molecule has 6 heteroatoms. The average Bonchev–Trinajstić information content (AvgIpc) is 2.64. The Labute approximate surface area is 107 Å². The first-order valence-electron chi connectivity index (χ1n) is 4.66. The van der Waals surface area contributed by atoms with E-state index in [-0.39, 0.29) is 0 Å². The Morgan fingerprint density at radius 2 is 2.25 bits per heavy atom. The highest BCUT2D eigenvalue weighted by Gasteiger charge is 2.09. The van der Waals surface area contributed by atoms with Crippen LogP contribution in [0.4, 0.5) is 0 Å². The van der Waals surface area contributed by atoms with E-state index < -0.39 is 0 Å². The van der Waals surface area contributed by atoms with Crippen molar-refractivity contribution in [2.24, 2.45) is 5.73 Å². The molecule has 0 aliphatic heterocycles. The summed E-state index contributed by atoms with van der Waals surface area (Å²) in [6.45, 7) is 2.36. The molecule has 0 aliphatic rings. The maximum absolute atomic E-state index is 6.07. The molecule has 84 valence electrons. The number of nitrogens with zero attached hydrogens (tertiary/aromatic N) is 2.